The quantitative estimate of drug-likeness (QED) is 0.0651. The molecule has 14 heteroatoms. The highest BCUT2D eigenvalue weighted by Gasteiger charge is 2.23. The first-order valence-electron chi connectivity index (χ1n) is 18.2. The monoisotopic (exact) mass is 779 g/mol. The Morgan fingerprint density at radius 3 is 2.18 bits per heavy atom. The van der Waals surface area contributed by atoms with Gasteiger partial charge in [-0.05, 0) is 99.4 Å². The van der Waals surface area contributed by atoms with Crippen LogP contribution >= 0.6 is 0 Å². The van der Waals surface area contributed by atoms with Crippen LogP contribution in [-0.2, 0) is 43.5 Å². The van der Waals surface area contributed by atoms with E-state index in [2.05, 4.69) is 61.9 Å². The van der Waals surface area contributed by atoms with E-state index >= 15 is 0 Å². The third-order valence-electron chi connectivity index (χ3n) is 7.99. The Hall–Kier alpha value is -5.44. The van der Waals surface area contributed by atoms with Crippen LogP contribution in [0.5, 0.6) is 11.5 Å². The number of fused-ring (bicyclic) bond motifs is 1. The number of hydrogen-bond acceptors (Lipinski definition) is 14. The van der Waals surface area contributed by atoms with Crippen molar-refractivity contribution in [2.45, 2.75) is 64.3 Å². The van der Waals surface area contributed by atoms with Gasteiger partial charge in [-0.2, -0.15) is 0 Å². The lowest BCUT2D eigenvalue weighted by molar-refractivity contribution is -0.140. The topological polar surface area (TPSA) is 185 Å². The zero-order valence-corrected chi connectivity index (χ0v) is 34.1. The maximum absolute atomic E-state index is 10.8. The van der Waals surface area contributed by atoms with Gasteiger partial charge in [0.1, 0.15) is 31.8 Å². The Bertz CT molecular complexity index is 1580. The Labute approximate surface area is 332 Å². The number of unbranched alkanes of at least 4 members (excludes halogenated alkanes) is 2. The number of benzene rings is 3. The number of anilines is 2. The summed E-state index contributed by atoms with van der Waals surface area (Å²) >= 11 is 0. The Balaban J connectivity index is 0.000000757. The molecule has 0 amide bonds. The van der Waals surface area contributed by atoms with Crippen molar-refractivity contribution in [2.24, 2.45) is 4.99 Å². The lowest BCUT2D eigenvalue weighted by atomic mass is 10.1. The molecule has 4 rings (SSSR count). The Morgan fingerprint density at radius 1 is 0.964 bits per heavy atom. The normalized spacial score (nSPS) is 12.6. The Kier molecular flexibility index (Phi) is 28.8. The molecule has 0 saturated heterocycles. The third kappa shape index (κ3) is 20.9. The first-order valence-corrected chi connectivity index (χ1v) is 18.2. The van der Waals surface area contributed by atoms with Crippen LogP contribution in [0.25, 0.3) is 0 Å². The van der Waals surface area contributed by atoms with E-state index in [0.29, 0.717) is 49.1 Å². The molecular formula is C42H61N5O9. The number of nitrogens with one attached hydrogen (secondary N) is 3. The third-order valence-corrected chi connectivity index (χ3v) is 7.99. The maximum atomic E-state index is 10.8. The molecule has 0 bridgehead atoms. The van der Waals surface area contributed by atoms with Gasteiger partial charge in [0.2, 0.25) is 0 Å². The number of aliphatic imine (C=N–C) groups is 1. The summed E-state index contributed by atoms with van der Waals surface area (Å²) in [6, 6.07) is 19.7. The van der Waals surface area contributed by atoms with E-state index in [4.69, 9.17) is 9.47 Å². The number of rotatable bonds is 17. The number of aliphatic hydroxyl groups excluding tert-OH is 1. The largest absolute Gasteiger partial charge is 0.493 e. The minimum atomic E-state index is -0.203. The average molecular weight is 780 g/mol. The number of carbonyl (C=O) groups excluding carboxylic acids is 5. The highest BCUT2D eigenvalue weighted by molar-refractivity contribution is 5.77. The lowest BCUT2D eigenvalue weighted by Crippen LogP contribution is -2.28. The predicted molar refractivity (Wildman–Crippen MR) is 223 cm³/mol. The number of ether oxygens (including phenoxy) is 3. The molecule has 1 heterocycles. The van der Waals surface area contributed by atoms with Gasteiger partial charge < -0.3 is 54.6 Å². The van der Waals surface area contributed by atoms with Crippen molar-refractivity contribution in [3.8, 4) is 11.5 Å². The van der Waals surface area contributed by atoms with Gasteiger partial charge >= 0.3 is 5.97 Å². The molecule has 3 aromatic rings. The molecule has 56 heavy (non-hydrogen) atoms. The summed E-state index contributed by atoms with van der Waals surface area (Å²) in [4.78, 5) is 56.4. The fraction of sp³-hybridized carbons (Fsp3) is 0.429. The van der Waals surface area contributed by atoms with E-state index in [-0.39, 0.29) is 18.6 Å². The second kappa shape index (κ2) is 31.9. The molecule has 0 saturated carbocycles. The second-order valence-corrected chi connectivity index (χ2v) is 12.1. The van der Waals surface area contributed by atoms with Gasteiger partial charge in [0.05, 0.1) is 39.5 Å². The fourth-order valence-corrected chi connectivity index (χ4v) is 4.76. The molecule has 0 fully saturated rings. The summed E-state index contributed by atoms with van der Waals surface area (Å²) in [6.07, 6.45) is 8.88. The van der Waals surface area contributed by atoms with Crippen LogP contribution in [0.15, 0.2) is 65.7 Å². The summed E-state index contributed by atoms with van der Waals surface area (Å²) < 4.78 is 15.4. The highest BCUT2D eigenvalue weighted by Crippen LogP contribution is 2.30. The first-order chi connectivity index (χ1) is 27.0. The fourth-order valence-electron chi connectivity index (χ4n) is 4.76. The first kappa shape index (κ1) is 50.6. The molecule has 1 aliphatic heterocycles. The molecule has 4 N–H and O–H groups in total. The van der Waals surface area contributed by atoms with Gasteiger partial charge in [-0.25, -0.2) is 0 Å². The molecule has 3 aromatic carbocycles. The molecular weight excluding hydrogens is 718 g/mol. The molecule has 1 aliphatic rings. The van der Waals surface area contributed by atoms with Crippen LogP contribution < -0.4 is 30.3 Å². The standard InChI is InChI=1S/C17H19NO4.C11H14N2.C7H12O3.C4H9NO.C3H7NO/c1-18-15-6-13(10-20)5-14(7-15)11-22-16-4-3-12(9-19)8-17(16)21-2;1-12-8-10-7-9-5-3-4-6-11(9)13(10)2;1-10-7(9)5-3-2-4-6-8;1-4(3-6)5-2;1-4-2-3-5/h3-9,18,20H,10-11H2,1-2H3;3-6,8,10H,7H2,1-2H3;6H,2-5H2,1H3;3-5H,1-2H3;3-4H,2H2,1H3. The summed E-state index contributed by atoms with van der Waals surface area (Å²) in [5.41, 5.74) is 5.95. The van der Waals surface area contributed by atoms with Crippen molar-refractivity contribution in [2.75, 3.05) is 66.2 Å². The SMILES string of the molecule is CN=CC1Cc2ccccc2N1C.CNC(C)C=O.CNCC=O.CNc1cc(CO)cc(COc2ccc(C=O)cc2OC)c1.COC(=O)CCCCC=O. The summed E-state index contributed by atoms with van der Waals surface area (Å²) in [5.74, 6) is 0.871. The maximum Gasteiger partial charge on any atom is 0.305 e. The molecule has 2 unspecified atom stereocenters. The average Bonchev–Trinajstić information content (AvgIpc) is 3.56. The van der Waals surface area contributed by atoms with Crippen molar-refractivity contribution in [3.05, 3.63) is 82.9 Å². The zero-order valence-electron chi connectivity index (χ0n) is 34.1. The van der Waals surface area contributed by atoms with Gasteiger partial charge in [-0.1, -0.05) is 18.2 Å². The van der Waals surface area contributed by atoms with Crippen LogP contribution in [0.3, 0.4) is 0 Å². The molecule has 0 aromatic heterocycles. The van der Waals surface area contributed by atoms with Gasteiger partial charge in [0.25, 0.3) is 0 Å². The van der Waals surface area contributed by atoms with Crippen molar-refractivity contribution in [1.82, 2.24) is 10.6 Å². The number of aldehydes is 4. The summed E-state index contributed by atoms with van der Waals surface area (Å²) in [5, 5.41) is 17.7. The number of aliphatic hydroxyl groups is 1. The van der Waals surface area contributed by atoms with Gasteiger partial charge in [-0.15, -0.1) is 0 Å². The van der Waals surface area contributed by atoms with Crippen LogP contribution in [-0.4, -0.2) is 111 Å². The van der Waals surface area contributed by atoms with Gasteiger partial charge in [-0.3, -0.25) is 14.6 Å². The second-order valence-electron chi connectivity index (χ2n) is 12.1. The molecule has 14 nitrogen and oxygen atoms in total. The van der Waals surface area contributed by atoms with Crippen LogP contribution in [0, 0.1) is 0 Å². The number of hydrogen-bond donors (Lipinski definition) is 4. The summed E-state index contributed by atoms with van der Waals surface area (Å²) in [7, 11) is 12.1. The lowest BCUT2D eigenvalue weighted by Gasteiger charge is -2.18. The van der Waals surface area contributed by atoms with Crippen molar-refractivity contribution < 1.29 is 43.3 Å². The van der Waals surface area contributed by atoms with E-state index in [1.165, 1.54) is 25.5 Å². The Morgan fingerprint density at radius 2 is 1.68 bits per heavy atom. The van der Waals surface area contributed by atoms with Crippen LogP contribution in [0.4, 0.5) is 11.4 Å². The van der Waals surface area contributed by atoms with E-state index in [1.807, 2.05) is 38.5 Å². The molecule has 0 aliphatic carbocycles. The van der Waals surface area contributed by atoms with Crippen molar-refractivity contribution in [3.63, 3.8) is 0 Å². The number of esters is 1. The van der Waals surface area contributed by atoms with Crippen molar-refractivity contribution in [1.29, 1.82) is 0 Å². The van der Waals surface area contributed by atoms with Crippen LogP contribution in [0.2, 0.25) is 0 Å². The number of nitrogens with zero attached hydrogens (tertiary/aromatic N) is 2. The van der Waals surface area contributed by atoms with Crippen molar-refractivity contribution >= 4 is 48.7 Å². The van der Waals surface area contributed by atoms with Crippen LogP contribution in [0.1, 0.15) is 59.7 Å². The van der Waals surface area contributed by atoms with E-state index < -0.39 is 0 Å². The van der Waals surface area contributed by atoms with E-state index in [1.54, 1.807) is 39.2 Å². The van der Waals surface area contributed by atoms with Gasteiger partial charge in [0.15, 0.2) is 11.5 Å². The molecule has 2 atom stereocenters. The number of likely N-dealkylation sites (N-methyl/N-ethyl adjacent to an activating group) is 3. The predicted octanol–water partition coefficient (Wildman–Crippen LogP) is 4.49. The zero-order chi connectivity index (χ0) is 42.1. The number of methoxy groups -OCH3 is 2. The van der Waals surface area contributed by atoms with Gasteiger partial charge in [0, 0.05) is 57.1 Å². The molecule has 0 spiro atoms. The van der Waals surface area contributed by atoms with E-state index in [9.17, 15) is 29.1 Å². The minimum absolute atomic E-state index is 0.00463. The molecule has 0 radical (unpaired) electrons. The smallest absolute Gasteiger partial charge is 0.305 e. The molecule has 308 valence electrons. The van der Waals surface area contributed by atoms with E-state index in [0.717, 1.165) is 61.2 Å². The minimum Gasteiger partial charge on any atom is -0.493 e. The highest BCUT2D eigenvalue weighted by atomic mass is 16.5. The number of carbonyl (C=O) groups is 5. The summed E-state index contributed by atoms with van der Waals surface area (Å²) in [6.45, 7) is 2.56. The number of para-hydroxylation sites is 1.